The molecule has 0 bridgehead atoms. The van der Waals surface area contributed by atoms with E-state index in [0.717, 1.165) is 23.4 Å². The number of imidazole rings is 1. The van der Waals surface area contributed by atoms with Gasteiger partial charge in [0, 0.05) is 0 Å². The summed E-state index contributed by atoms with van der Waals surface area (Å²) in [6.45, 7) is 7.44. The molecule has 1 aromatic carbocycles. The Kier molecular flexibility index (Phi) is 2.72. The average Bonchev–Trinajstić information content (AvgIpc) is 2.57. The summed E-state index contributed by atoms with van der Waals surface area (Å²) in [4.78, 5) is 7.84. The third-order valence-corrected chi connectivity index (χ3v) is 2.74. The molecule has 0 unspecified atom stereocenters. The van der Waals surface area contributed by atoms with Crippen molar-refractivity contribution >= 4 is 11.0 Å². The smallest absolute Gasteiger partial charge is 0.121 e. The fourth-order valence-electron chi connectivity index (χ4n) is 1.78. The van der Waals surface area contributed by atoms with E-state index in [-0.39, 0.29) is 5.41 Å². The Hall–Kier alpha value is -1.35. The quantitative estimate of drug-likeness (QED) is 0.811. The van der Waals surface area contributed by atoms with E-state index >= 15 is 0 Å². The largest absolute Gasteiger partial charge is 0.341 e. The minimum absolute atomic E-state index is 0.183. The van der Waals surface area contributed by atoms with Crippen LogP contribution in [0.4, 0.5) is 0 Å². The fraction of sp³-hybridized carbons (Fsp3) is 0.462. The molecule has 3 nitrogen and oxygen atoms in total. The predicted octanol–water partition coefficient (Wildman–Crippen LogP) is 2.58. The number of fused-ring (bicyclic) bond motifs is 1. The molecule has 0 fully saturated rings. The Morgan fingerprint density at radius 2 is 2.06 bits per heavy atom. The maximum Gasteiger partial charge on any atom is 0.121 e. The monoisotopic (exact) mass is 217 g/mol. The molecule has 1 aromatic heterocycles. The first-order chi connectivity index (χ1) is 7.50. The zero-order chi connectivity index (χ0) is 11.8. The second-order valence-electron chi connectivity index (χ2n) is 5.20. The average molecular weight is 217 g/mol. The Morgan fingerprint density at radius 3 is 2.69 bits per heavy atom. The maximum atomic E-state index is 4.51. The first kappa shape index (κ1) is 11.1. The zero-order valence-corrected chi connectivity index (χ0v) is 10.4. The highest BCUT2D eigenvalue weighted by atomic mass is 15.0. The number of aromatic nitrogens is 2. The Morgan fingerprint density at radius 1 is 1.31 bits per heavy atom. The first-order valence-corrected chi connectivity index (χ1v) is 5.64. The van der Waals surface area contributed by atoms with E-state index in [9.17, 15) is 0 Å². The number of nitrogens with zero attached hydrogens (tertiary/aromatic N) is 1. The lowest BCUT2D eigenvalue weighted by Crippen LogP contribution is -2.10. The summed E-state index contributed by atoms with van der Waals surface area (Å²) in [5.74, 6) is 0.989. The molecular formula is C13H19N3. The molecule has 1 heterocycles. The van der Waals surface area contributed by atoms with Gasteiger partial charge < -0.3 is 10.3 Å². The summed E-state index contributed by atoms with van der Waals surface area (Å²) in [6, 6.07) is 6.44. The molecule has 0 aliphatic carbocycles. The van der Waals surface area contributed by atoms with Gasteiger partial charge in [0.25, 0.3) is 0 Å². The summed E-state index contributed by atoms with van der Waals surface area (Å²) >= 11 is 0. The topological polar surface area (TPSA) is 40.7 Å². The van der Waals surface area contributed by atoms with E-state index in [0.29, 0.717) is 0 Å². The lowest BCUT2D eigenvalue weighted by atomic mass is 9.87. The fourth-order valence-corrected chi connectivity index (χ4v) is 1.78. The van der Waals surface area contributed by atoms with Gasteiger partial charge in [0.2, 0.25) is 0 Å². The SMILES string of the molecule is CNCc1nc2ccc(C(C)(C)C)cc2[nH]1. The molecule has 3 heteroatoms. The van der Waals surface area contributed by atoms with Crippen molar-refractivity contribution < 1.29 is 0 Å². The Bertz CT molecular complexity index is 491. The maximum absolute atomic E-state index is 4.51. The van der Waals surface area contributed by atoms with Gasteiger partial charge in [0.1, 0.15) is 5.82 Å². The van der Waals surface area contributed by atoms with E-state index < -0.39 is 0 Å². The first-order valence-electron chi connectivity index (χ1n) is 5.64. The van der Waals surface area contributed by atoms with Crippen LogP contribution in [0, 0.1) is 0 Å². The number of hydrogen-bond donors (Lipinski definition) is 2. The van der Waals surface area contributed by atoms with Crippen LogP contribution in [0.5, 0.6) is 0 Å². The normalized spacial score (nSPS) is 12.2. The van der Waals surface area contributed by atoms with Crippen LogP contribution >= 0.6 is 0 Å². The van der Waals surface area contributed by atoms with Gasteiger partial charge in [-0.2, -0.15) is 0 Å². The second kappa shape index (κ2) is 3.91. The van der Waals surface area contributed by atoms with Gasteiger partial charge in [0.15, 0.2) is 0 Å². The van der Waals surface area contributed by atoms with E-state index in [4.69, 9.17) is 0 Å². The van der Waals surface area contributed by atoms with Gasteiger partial charge in [-0.3, -0.25) is 0 Å². The van der Waals surface area contributed by atoms with Crippen LogP contribution in [0.25, 0.3) is 11.0 Å². The molecule has 86 valence electrons. The van der Waals surface area contributed by atoms with Gasteiger partial charge in [-0.15, -0.1) is 0 Å². The van der Waals surface area contributed by atoms with E-state index in [2.05, 4.69) is 54.3 Å². The molecule has 2 N–H and O–H groups in total. The summed E-state index contributed by atoms with van der Waals surface area (Å²) < 4.78 is 0. The minimum Gasteiger partial charge on any atom is -0.341 e. The molecule has 0 radical (unpaired) electrons. The van der Waals surface area contributed by atoms with Crippen molar-refractivity contribution in [3.63, 3.8) is 0 Å². The molecule has 2 rings (SSSR count). The van der Waals surface area contributed by atoms with Crippen molar-refractivity contribution in [3.05, 3.63) is 29.6 Å². The molecule has 2 aromatic rings. The molecule has 16 heavy (non-hydrogen) atoms. The third-order valence-electron chi connectivity index (χ3n) is 2.74. The van der Waals surface area contributed by atoms with Gasteiger partial charge in [-0.25, -0.2) is 4.98 Å². The van der Waals surface area contributed by atoms with Crippen molar-refractivity contribution in [1.29, 1.82) is 0 Å². The van der Waals surface area contributed by atoms with Crippen molar-refractivity contribution in [3.8, 4) is 0 Å². The number of rotatable bonds is 2. The summed E-state index contributed by atoms with van der Waals surface area (Å²) in [5.41, 5.74) is 3.68. The molecule has 0 saturated heterocycles. The van der Waals surface area contributed by atoms with Crippen LogP contribution in [-0.2, 0) is 12.0 Å². The molecule has 0 aliphatic heterocycles. The highest BCUT2D eigenvalue weighted by molar-refractivity contribution is 5.76. The standard InChI is InChI=1S/C13H19N3/c1-13(2,3)9-5-6-10-11(7-9)16-12(15-10)8-14-4/h5-7,14H,8H2,1-4H3,(H,15,16). The van der Waals surface area contributed by atoms with Crippen LogP contribution in [0.2, 0.25) is 0 Å². The molecule has 0 atom stereocenters. The third kappa shape index (κ3) is 2.09. The van der Waals surface area contributed by atoms with Crippen LogP contribution in [-0.4, -0.2) is 17.0 Å². The summed E-state index contributed by atoms with van der Waals surface area (Å²) in [7, 11) is 1.92. The predicted molar refractivity (Wildman–Crippen MR) is 67.6 cm³/mol. The zero-order valence-electron chi connectivity index (χ0n) is 10.4. The van der Waals surface area contributed by atoms with Crippen LogP contribution in [0.1, 0.15) is 32.2 Å². The van der Waals surface area contributed by atoms with E-state index in [1.165, 1.54) is 5.56 Å². The Labute approximate surface area is 96.3 Å². The summed E-state index contributed by atoms with van der Waals surface area (Å²) in [5, 5.41) is 3.10. The highest BCUT2D eigenvalue weighted by Gasteiger charge is 2.14. The van der Waals surface area contributed by atoms with Crippen molar-refractivity contribution in [1.82, 2.24) is 15.3 Å². The van der Waals surface area contributed by atoms with Crippen molar-refractivity contribution in [2.75, 3.05) is 7.05 Å². The molecule has 0 saturated carbocycles. The van der Waals surface area contributed by atoms with Crippen LogP contribution in [0.3, 0.4) is 0 Å². The molecule has 0 aliphatic rings. The van der Waals surface area contributed by atoms with Crippen molar-refractivity contribution in [2.45, 2.75) is 32.7 Å². The van der Waals surface area contributed by atoms with Gasteiger partial charge >= 0.3 is 0 Å². The van der Waals surface area contributed by atoms with Gasteiger partial charge in [0.05, 0.1) is 17.6 Å². The second-order valence-corrected chi connectivity index (χ2v) is 5.20. The number of hydrogen-bond acceptors (Lipinski definition) is 2. The highest BCUT2D eigenvalue weighted by Crippen LogP contribution is 2.25. The van der Waals surface area contributed by atoms with Crippen molar-refractivity contribution in [2.24, 2.45) is 0 Å². The summed E-state index contributed by atoms with van der Waals surface area (Å²) in [6.07, 6.45) is 0. The number of H-pyrrole nitrogens is 1. The number of benzene rings is 1. The van der Waals surface area contributed by atoms with E-state index in [1.807, 2.05) is 7.05 Å². The molecule has 0 amide bonds. The Balaban J connectivity index is 2.46. The molecular weight excluding hydrogens is 198 g/mol. The van der Waals surface area contributed by atoms with Gasteiger partial charge in [-0.05, 0) is 30.2 Å². The van der Waals surface area contributed by atoms with E-state index in [1.54, 1.807) is 0 Å². The van der Waals surface area contributed by atoms with Crippen LogP contribution < -0.4 is 5.32 Å². The lowest BCUT2D eigenvalue weighted by molar-refractivity contribution is 0.591. The lowest BCUT2D eigenvalue weighted by Gasteiger charge is -2.18. The van der Waals surface area contributed by atoms with Crippen LogP contribution in [0.15, 0.2) is 18.2 Å². The minimum atomic E-state index is 0.183. The van der Waals surface area contributed by atoms with Gasteiger partial charge in [-0.1, -0.05) is 26.8 Å². The number of aromatic amines is 1. The molecule has 0 spiro atoms. The number of nitrogens with one attached hydrogen (secondary N) is 2.